The van der Waals surface area contributed by atoms with E-state index in [2.05, 4.69) is 20.5 Å². The predicted octanol–water partition coefficient (Wildman–Crippen LogP) is 2.64. The first-order valence-corrected chi connectivity index (χ1v) is 7.30. The van der Waals surface area contributed by atoms with Crippen LogP contribution in [0.25, 0.3) is 5.65 Å². The minimum atomic E-state index is 0.438. The first-order valence-electron chi connectivity index (χ1n) is 6.76. The summed E-state index contributed by atoms with van der Waals surface area (Å²) in [7, 11) is 0. The quantitative estimate of drug-likeness (QED) is 0.878. The second-order valence-electron chi connectivity index (χ2n) is 5.24. The van der Waals surface area contributed by atoms with Crippen LogP contribution in [0, 0.1) is 12.8 Å². The molecule has 0 aromatic carbocycles. The normalized spacial score (nSPS) is 23.7. The van der Waals surface area contributed by atoms with Crippen LogP contribution < -0.4 is 5.32 Å². The Morgan fingerprint density at radius 1 is 1.42 bits per heavy atom. The van der Waals surface area contributed by atoms with E-state index in [-0.39, 0.29) is 0 Å². The monoisotopic (exact) mass is 279 g/mol. The van der Waals surface area contributed by atoms with Gasteiger partial charge in [0.25, 0.3) is 0 Å². The van der Waals surface area contributed by atoms with E-state index in [4.69, 9.17) is 11.6 Å². The number of nitrogens with zero attached hydrogens (tertiary/aromatic N) is 4. The van der Waals surface area contributed by atoms with E-state index >= 15 is 0 Å². The fourth-order valence-corrected chi connectivity index (χ4v) is 3.08. The number of hydrogen-bond donors (Lipinski definition) is 1. The Bertz CT molecular complexity index is 567. The highest BCUT2D eigenvalue weighted by Gasteiger charge is 2.22. The summed E-state index contributed by atoms with van der Waals surface area (Å²) in [5.74, 6) is 3.07. The van der Waals surface area contributed by atoms with Gasteiger partial charge < -0.3 is 5.32 Å². The van der Waals surface area contributed by atoms with Crippen LogP contribution in [0.4, 0.5) is 5.82 Å². The van der Waals surface area contributed by atoms with Gasteiger partial charge in [-0.25, -0.2) is 4.98 Å². The minimum Gasteiger partial charge on any atom is -0.364 e. The molecule has 0 spiro atoms. The summed E-state index contributed by atoms with van der Waals surface area (Å²) in [6, 6.07) is 0.438. The summed E-state index contributed by atoms with van der Waals surface area (Å²) in [6.45, 7) is 1.94. The van der Waals surface area contributed by atoms with E-state index in [0.29, 0.717) is 12.0 Å². The zero-order chi connectivity index (χ0) is 13.2. The third kappa shape index (κ3) is 2.52. The summed E-state index contributed by atoms with van der Waals surface area (Å²) in [5.41, 5.74) is 0.799. The van der Waals surface area contributed by atoms with Gasteiger partial charge in [-0.3, -0.25) is 4.40 Å². The predicted molar refractivity (Wildman–Crippen MR) is 75.6 cm³/mol. The number of aromatic nitrogens is 4. The summed E-state index contributed by atoms with van der Waals surface area (Å²) < 4.78 is 1.96. The van der Waals surface area contributed by atoms with Crippen molar-refractivity contribution in [3.8, 4) is 0 Å². The summed E-state index contributed by atoms with van der Waals surface area (Å²) in [5, 5.41) is 11.8. The van der Waals surface area contributed by atoms with Crippen molar-refractivity contribution in [2.75, 3.05) is 11.2 Å². The molecule has 102 valence electrons. The highest BCUT2D eigenvalue weighted by molar-refractivity contribution is 6.18. The fraction of sp³-hybridized carbons (Fsp3) is 0.615. The smallest absolute Gasteiger partial charge is 0.203 e. The first-order chi connectivity index (χ1) is 9.28. The molecule has 6 heteroatoms. The SMILES string of the molecule is Cc1nnc2c(NC3CCCC(CCl)C3)nccn12. The van der Waals surface area contributed by atoms with Gasteiger partial charge >= 0.3 is 0 Å². The van der Waals surface area contributed by atoms with Crippen molar-refractivity contribution >= 4 is 23.1 Å². The number of anilines is 1. The molecule has 2 heterocycles. The van der Waals surface area contributed by atoms with E-state index in [1.807, 2.05) is 17.5 Å². The van der Waals surface area contributed by atoms with E-state index in [1.165, 1.54) is 19.3 Å². The molecule has 1 aliphatic rings. The Morgan fingerprint density at radius 2 is 2.32 bits per heavy atom. The van der Waals surface area contributed by atoms with Crippen molar-refractivity contribution < 1.29 is 0 Å². The number of alkyl halides is 1. The van der Waals surface area contributed by atoms with Crippen LogP contribution in [0.2, 0.25) is 0 Å². The summed E-state index contributed by atoms with van der Waals surface area (Å²) in [6.07, 6.45) is 8.42. The maximum Gasteiger partial charge on any atom is 0.203 e. The standard InChI is InChI=1S/C13H18ClN5/c1-9-17-18-13-12(15-5-6-19(9)13)16-11-4-2-3-10(7-11)8-14/h5-6,10-11H,2-4,7-8H2,1H3,(H,15,16). The average Bonchev–Trinajstić information content (AvgIpc) is 2.82. The molecule has 2 unspecified atom stereocenters. The zero-order valence-electron chi connectivity index (χ0n) is 11.0. The number of rotatable bonds is 3. The summed E-state index contributed by atoms with van der Waals surface area (Å²) >= 11 is 5.98. The number of aryl methyl sites for hydroxylation is 1. The molecule has 1 aliphatic carbocycles. The Labute approximate surface area is 117 Å². The van der Waals surface area contributed by atoms with Crippen molar-refractivity contribution in [1.82, 2.24) is 19.6 Å². The van der Waals surface area contributed by atoms with Crippen molar-refractivity contribution in [2.45, 2.75) is 38.6 Å². The van der Waals surface area contributed by atoms with Crippen molar-refractivity contribution in [2.24, 2.45) is 5.92 Å². The van der Waals surface area contributed by atoms with Crippen LogP contribution in [0.1, 0.15) is 31.5 Å². The molecule has 0 saturated heterocycles. The largest absolute Gasteiger partial charge is 0.364 e. The van der Waals surface area contributed by atoms with Crippen LogP contribution in [-0.4, -0.2) is 31.5 Å². The second-order valence-corrected chi connectivity index (χ2v) is 5.55. The van der Waals surface area contributed by atoms with Gasteiger partial charge in [-0.2, -0.15) is 0 Å². The molecule has 2 atom stereocenters. The van der Waals surface area contributed by atoms with Gasteiger partial charge in [0.2, 0.25) is 5.65 Å². The number of fused-ring (bicyclic) bond motifs is 1. The van der Waals surface area contributed by atoms with Crippen LogP contribution in [0.15, 0.2) is 12.4 Å². The van der Waals surface area contributed by atoms with Gasteiger partial charge in [-0.1, -0.05) is 6.42 Å². The molecule has 2 aromatic rings. The Kier molecular flexibility index (Phi) is 3.55. The number of nitrogens with one attached hydrogen (secondary N) is 1. The highest BCUT2D eigenvalue weighted by Crippen LogP contribution is 2.27. The first kappa shape index (κ1) is 12.7. The Morgan fingerprint density at radius 3 is 3.16 bits per heavy atom. The second kappa shape index (κ2) is 5.33. The molecule has 3 rings (SSSR count). The van der Waals surface area contributed by atoms with Gasteiger partial charge in [0.05, 0.1) is 0 Å². The van der Waals surface area contributed by atoms with Crippen LogP contribution in [0.5, 0.6) is 0 Å². The molecule has 2 aromatic heterocycles. The molecule has 19 heavy (non-hydrogen) atoms. The molecule has 0 aliphatic heterocycles. The highest BCUT2D eigenvalue weighted by atomic mass is 35.5. The maximum absolute atomic E-state index is 5.98. The molecule has 1 saturated carbocycles. The van der Waals surface area contributed by atoms with Crippen molar-refractivity contribution in [1.29, 1.82) is 0 Å². The van der Waals surface area contributed by atoms with Gasteiger partial charge in [0.1, 0.15) is 5.82 Å². The van der Waals surface area contributed by atoms with Crippen LogP contribution in [0.3, 0.4) is 0 Å². The molecule has 0 bridgehead atoms. The zero-order valence-corrected chi connectivity index (χ0v) is 11.8. The van der Waals surface area contributed by atoms with Crippen molar-refractivity contribution in [3.05, 3.63) is 18.2 Å². The van der Waals surface area contributed by atoms with Gasteiger partial charge in [-0.05, 0) is 32.1 Å². The van der Waals surface area contributed by atoms with E-state index < -0.39 is 0 Å². The van der Waals surface area contributed by atoms with Crippen LogP contribution >= 0.6 is 11.6 Å². The molecule has 0 amide bonds. The summed E-state index contributed by atoms with van der Waals surface area (Å²) in [4.78, 5) is 4.40. The Hall–Kier alpha value is -1.36. The topological polar surface area (TPSA) is 55.1 Å². The lowest BCUT2D eigenvalue weighted by Crippen LogP contribution is -2.28. The van der Waals surface area contributed by atoms with Crippen LogP contribution in [-0.2, 0) is 0 Å². The maximum atomic E-state index is 5.98. The fourth-order valence-electron chi connectivity index (χ4n) is 2.80. The van der Waals surface area contributed by atoms with Gasteiger partial charge in [0.15, 0.2) is 5.82 Å². The third-order valence-electron chi connectivity index (χ3n) is 3.84. The molecule has 0 radical (unpaired) electrons. The molecule has 1 N–H and O–H groups in total. The molecule has 5 nitrogen and oxygen atoms in total. The number of halogens is 1. The van der Waals surface area contributed by atoms with Gasteiger partial charge in [-0.15, -0.1) is 21.8 Å². The molecule has 1 fully saturated rings. The van der Waals surface area contributed by atoms with E-state index in [1.54, 1.807) is 6.20 Å². The van der Waals surface area contributed by atoms with E-state index in [9.17, 15) is 0 Å². The molecular weight excluding hydrogens is 262 g/mol. The number of hydrogen-bond acceptors (Lipinski definition) is 4. The van der Waals surface area contributed by atoms with Crippen molar-refractivity contribution in [3.63, 3.8) is 0 Å². The third-order valence-corrected chi connectivity index (χ3v) is 4.28. The minimum absolute atomic E-state index is 0.438. The molecular formula is C13H18ClN5. The Balaban J connectivity index is 1.81. The lowest BCUT2D eigenvalue weighted by atomic mass is 9.87. The average molecular weight is 280 g/mol. The lowest BCUT2D eigenvalue weighted by molar-refractivity contribution is 0.361. The van der Waals surface area contributed by atoms with E-state index in [0.717, 1.165) is 29.6 Å². The van der Waals surface area contributed by atoms with Gasteiger partial charge in [0, 0.05) is 24.3 Å². The lowest BCUT2D eigenvalue weighted by Gasteiger charge is -2.28.